The summed E-state index contributed by atoms with van der Waals surface area (Å²) in [6.07, 6.45) is -2.70. The molecular formula is C108H110N12O28. The van der Waals surface area contributed by atoms with Crippen LogP contribution in [0.3, 0.4) is 0 Å². The maximum absolute atomic E-state index is 13.3. The van der Waals surface area contributed by atoms with Gasteiger partial charge in [-0.05, 0) is 148 Å². The molecule has 0 amide bonds. The van der Waals surface area contributed by atoms with E-state index in [1.165, 1.54) is 50.4 Å². The maximum atomic E-state index is 13.3. The molecule has 0 aliphatic carbocycles. The van der Waals surface area contributed by atoms with E-state index in [2.05, 4.69) is 35.0 Å². The molecule has 4 fully saturated rings. The van der Waals surface area contributed by atoms with Gasteiger partial charge < -0.3 is 72.3 Å². The molecule has 4 aliphatic rings. The van der Waals surface area contributed by atoms with Crippen molar-refractivity contribution < 1.29 is 105 Å². The number of nitrogens with two attached hydrogens (primary N) is 1. The summed E-state index contributed by atoms with van der Waals surface area (Å²) in [4.78, 5) is 206. The molecule has 5 aromatic heterocycles. The number of hydrogen-bond donors (Lipinski definition) is 4. The predicted molar refractivity (Wildman–Crippen MR) is 531 cm³/mol. The van der Waals surface area contributed by atoms with Crippen LogP contribution in [0.25, 0.3) is 5.82 Å². The third-order valence-electron chi connectivity index (χ3n) is 24.0. The second-order valence-electron chi connectivity index (χ2n) is 33.7. The zero-order chi connectivity index (χ0) is 106. The van der Waals surface area contributed by atoms with E-state index in [0.29, 0.717) is 124 Å². The molecule has 8 aromatic carbocycles. The van der Waals surface area contributed by atoms with Crippen LogP contribution in [0, 0.1) is 0 Å². The highest BCUT2D eigenvalue weighted by atomic mass is 16.8. The average Bonchev–Trinajstić information content (AvgIpc) is 1.61. The summed E-state index contributed by atoms with van der Waals surface area (Å²) in [6.45, 7) is 16.0. The SMILES string of the molecule is CC[C@H]1O[C@@H](OC(C)=O)C(OC(=O)c2ccccc2)[C@H]1OC(=O)c1ccccc1.CCc1c[nH]c(=O)[nH]c1=O.CCc1cn([C@@H]2O[C@H](CC)[C@H](OC(=O)c3ccccc3)C2OC(=O)c2ccccc2)c(=O)[nH]c1=O.CCc1cn([C@@H]2O[C@H](CC)[C@H](OC(=O)c3ccccc3)C2OC(=O)c2ccccc2)c(=O)nc1-n1cncn1.CCc1cn([C@@H]2O[C@H](CC)[C@H](OC(=O)c3ccccc3)C2OC(=O)c2ccccc2)c(=O)nc1N. The Balaban J connectivity index is 0.000000160. The molecule has 770 valence electrons. The van der Waals surface area contributed by atoms with Crippen molar-refractivity contribution in [3.8, 4) is 5.82 Å². The Morgan fingerprint density at radius 1 is 0.331 bits per heavy atom. The molecule has 0 radical (unpaired) electrons. The number of carbonyl (C=O) groups excluding carboxylic acids is 9. The lowest BCUT2D eigenvalue weighted by Gasteiger charge is -2.25. The molecule has 4 unspecified atom stereocenters. The number of anilines is 1. The lowest BCUT2D eigenvalue weighted by atomic mass is 10.1. The topological polar surface area (TPSA) is 521 Å². The molecule has 16 atom stereocenters. The molecule has 5 N–H and O–H groups in total. The highest BCUT2D eigenvalue weighted by Gasteiger charge is 2.55. The van der Waals surface area contributed by atoms with Crippen LogP contribution in [-0.4, -0.2) is 187 Å². The molecule has 40 heteroatoms. The van der Waals surface area contributed by atoms with Gasteiger partial charge in [0.2, 0.25) is 12.4 Å². The second kappa shape index (κ2) is 51.9. The van der Waals surface area contributed by atoms with Crippen molar-refractivity contribution >= 4 is 59.5 Å². The molecule has 148 heavy (non-hydrogen) atoms. The van der Waals surface area contributed by atoms with Crippen LogP contribution in [0.5, 0.6) is 0 Å². The minimum absolute atomic E-state index is 0.128. The smallest absolute Gasteiger partial charge is 0.351 e. The zero-order valence-electron chi connectivity index (χ0n) is 82.0. The number of esters is 9. The van der Waals surface area contributed by atoms with Gasteiger partial charge in [0.05, 0.1) is 44.5 Å². The van der Waals surface area contributed by atoms with Crippen molar-refractivity contribution in [2.75, 3.05) is 5.73 Å². The van der Waals surface area contributed by atoms with Crippen molar-refractivity contribution in [2.45, 2.75) is 212 Å². The summed E-state index contributed by atoms with van der Waals surface area (Å²) >= 11 is 0. The lowest BCUT2D eigenvalue weighted by molar-refractivity contribution is -0.186. The first-order valence-electron chi connectivity index (χ1n) is 47.9. The van der Waals surface area contributed by atoms with Crippen molar-refractivity contribution in [3.05, 3.63) is 410 Å². The number of ether oxygens (including phenoxy) is 13. The maximum Gasteiger partial charge on any atom is 0.351 e. The van der Waals surface area contributed by atoms with Gasteiger partial charge >= 0.3 is 76.5 Å². The van der Waals surface area contributed by atoms with E-state index in [1.807, 2.05) is 48.5 Å². The Hall–Kier alpha value is -17.1. The number of H-pyrrole nitrogens is 3. The number of nitrogens with one attached hydrogen (secondary N) is 3. The largest absolute Gasteiger partial charge is 0.452 e. The molecule has 0 bridgehead atoms. The minimum atomic E-state index is -1.17. The molecule has 17 rings (SSSR count). The van der Waals surface area contributed by atoms with Gasteiger partial charge in [-0.15, -0.1) is 0 Å². The van der Waals surface area contributed by atoms with Gasteiger partial charge in [-0.25, -0.2) is 67.2 Å². The average molecular weight is 2020 g/mol. The first kappa shape index (κ1) is 108. The fourth-order valence-corrected chi connectivity index (χ4v) is 16.4. The van der Waals surface area contributed by atoms with Crippen LogP contribution in [0.2, 0.25) is 0 Å². The van der Waals surface area contributed by atoms with Crippen LogP contribution in [0.15, 0.2) is 309 Å². The van der Waals surface area contributed by atoms with Gasteiger partial charge in [0, 0.05) is 54.0 Å². The van der Waals surface area contributed by atoms with Crippen LogP contribution in [0.1, 0.15) is 212 Å². The number of aromatic amines is 3. The van der Waals surface area contributed by atoms with Crippen molar-refractivity contribution in [1.29, 1.82) is 0 Å². The molecule has 0 spiro atoms. The van der Waals surface area contributed by atoms with Crippen molar-refractivity contribution in [2.24, 2.45) is 0 Å². The molecule has 40 nitrogen and oxygen atoms in total. The van der Waals surface area contributed by atoms with Gasteiger partial charge in [-0.1, -0.05) is 201 Å². The summed E-state index contributed by atoms with van der Waals surface area (Å²) in [7, 11) is 0. The number of aromatic nitrogens is 11. The quantitative estimate of drug-likeness (QED) is 0.0250. The third-order valence-corrected chi connectivity index (χ3v) is 24.0. The fraction of sp³-hybridized carbons (Fsp3) is 0.306. The number of nitrogens with zero attached hydrogens (tertiary/aromatic N) is 8. The first-order valence-corrected chi connectivity index (χ1v) is 47.9. The standard InChI is InChI=1S/C28H27N5O6.C26H27N3O6.C26H26N2O7.C22H22O7.C6H8N2O2/c1-3-18-15-32(28(36)31-24(18)33-17-29-16-30-33)25-23(39-27(35)20-13-9-6-10-14-20)22(21(4-2)37-25)38-26(34)19-11-7-5-8-12-19;1-3-16-15-29(26(32)28-22(16)27)23-21(35-25(31)18-13-9-6-10-14-18)20(19(4-2)33-23)34-24(30)17-11-7-5-8-12-17;1-3-16-15-28(26(32)27-22(16)29)23-21(35-25(31)18-13-9-6-10-14-18)20(19(4-2)33-23)34-24(30)17-11-7-5-8-12-17;1-3-17-18(28-20(24)15-10-6-4-7-11-15)19(22(27-17)26-14(2)23)29-21(25)16-12-8-5-9-13-16;1-2-4-3-7-6(10)8-5(4)9/h5-17,21-23,25H,3-4H2,1-2H3;5-15,19-21,23H,3-4H2,1-2H3,(H2,27,28,32);5-15,19-21,23H,3-4H2,1-2H3,(H,27,29,32);4-13,17-19,22H,3H2,1-2H3;3H,2H2,1H3,(H2,7,8,9,10)/t21-,22+,23?,25-;2*19-,20+,21?,23-;17-,18+,19?,22-;/m1111./s1. The van der Waals surface area contributed by atoms with Crippen LogP contribution >= 0.6 is 0 Å². The number of hydrogen-bond acceptors (Lipinski definition) is 33. The Bertz CT molecular complexity index is 7090. The normalized spacial score (nSPS) is 20.7. The lowest BCUT2D eigenvalue weighted by Crippen LogP contribution is -2.42. The molecular weight excluding hydrogens is 1910 g/mol. The van der Waals surface area contributed by atoms with E-state index >= 15 is 0 Å². The molecule has 4 saturated heterocycles. The van der Waals surface area contributed by atoms with E-state index < -0.39 is 180 Å². The van der Waals surface area contributed by atoms with Gasteiger partial charge in [0.15, 0.2) is 67.2 Å². The van der Waals surface area contributed by atoms with Gasteiger partial charge in [-0.2, -0.15) is 15.1 Å². The summed E-state index contributed by atoms with van der Waals surface area (Å²) in [5, 5.41) is 4.09. The Morgan fingerprint density at radius 3 is 0.919 bits per heavy atom. The van der Waals surface area contributed by atoms with Crippen LogP contribution < -0.4 is 39.6 Å². The predicted octanol–water partition coefficient (Wildman–Crippen LogP) is 11.9. The van der Waals surface area contributed by atoms with Crippen LogP contribution in [0.4, 0.5) is 5.82 Å². The van der Waals surface area contributed by atoms with Crippen LogP contribution in [-0.2, 0) is 92.1 Å². The van der Waals surface area contributed by atoms with E-state index in [4.69, 9.17) is 67.3 Å². The van der Waals surface area contributed by atoms with E-state index in [0.717, 1.165) is 0 Å². The third kappa shape index (κ3) is 27.1. The van der Waals surface area contributed by atoms with E-state index in [-0.39, 0.29) is 11.4 Å². The molecule has 0 saturated carbocycles. The Kier molecular flexibility index (Phi) is 37.9. The highest BCUT2D eigenvalue weighted by Crippen LogP contribution is 2.41. The monoisotopic (exact) mass is 2020 g/mol. The number of carbonyl (C=O) groups is 9. The highest BCUT2D eigenvalue weighted by molar-refractivity contribution is 5.94. The van der Waals surface area contributed by atoms with E-state index in [9.17, 15) is 71.9 Å². The Labute approximate surface area is 846 Å². The second-order valence-corrected chi connectivity index (χ2v) is 33.7. The number of rotatable bonds is 29. The first-order chi connectivity index (χ1) is 71.6. The van der Waals surface area contributed by atoms with Gasteiger partial charge in [0.25, 0.3) is 11.1 Å². The van der Waals surface area contributed by atoms with Gasteiger partial charge in [0.1, 0.15) is 42.9 Å². The summed E-state index contributed by atoms with van der Waals surface area (Å²) in [5.74, 6) is -5.05. The van der Waals surface area contributed by atoms with Gasteiger partial charge in [-0.3, -0.25) is 38.1 Å². The van der Waals surface area contributed by atoms with Crippen molar-refractivity contribution in [3.63, 3.8) is 0 Å². The van der Waals surface area contributed by atoms with E-state index in [1.54, 1.807) is 262 Å². The fourth-order valence-electron chi connectivity index (χ4n) is 16.4. The number of nitrogen functional groups attached to an aromatic ring is 1. The Morgan fingerprint density at radius 2 is 0.615 bits per heavy atom. The molecule has 4 aliphatic heterocycles. The summed E-state index contributed by atoms with van der Waals surface area (Å²) < 4.78 is 80.8. The minimum Gasteiger partial charge on any atom is -0.452 e. The number of benzene rings is 8. The summed E-state index contributed by atoms with van der Waals surface area (Å²) in [5.41, 5.74) is 7.50. The molecule has 13 aromatic rings. The number of aryl methyl sites for hydroxylation is 4. The summed E-state index contributed by atoms with van der Waals surface area (Å²) in [6, 6.07) is 67.5. The zero-order valence-corrected chi connectivity index (χ0v) is 82.0. The molecule has 9 heterocycles. The van der Waals surface area contributed by atoms with Crippen molar-refractivity contribution in [1.82, 2.24) is 53.4 Å².